The molecule has 4 heteroatoms. The number of likely N-dealkylation sites (N-methyl/N-ethyl adjacent to an activating group) is 1. The van der Waals surface area contributed by atoms with Crippen molar-refractivity contribution in [2.24, 2.45) is 5.92 Å². The molecule has 0 atom stereocenters. The molecule has 0 aliphatic carbocycles. The topological polar surface area (TPSA) is 35.6 Å². The number of carbonyl (C=O) groups is 1. The second kappa shape index (κ2) is 6.86. The molecule has 0 radical (unpaired) electrons. The van der Waals surface area contributed by atoms with Gasteiger partial charge in [-0.05, 0) is 12.5 Å². The van der Waals surface area contributed by atoms with Crippen LogP contribution >= 0.6 is 0 Å². The zero-order valence-electron chi connectivity index (χ0n) is 10.8. The quantitative estimate of drug-likeness (QED) is 0.738. The highest BCUT2D eigenvalue weighted by Crippen LogP contribution is 2.00. The number of nitrogens with one attached hydrogen (secondary N) is 1. The van der Waals surface area contributed by atoms with Crippen molar-refractivity contribution < 1.29 is 4.79 Å². The highest BCUT2D eigenvalue weighted by Gasteiger charge is 2.17. The smallest absolute Gasteiger partial charge is 0.234 e. The molecule has 0 unspecified atom stereocenters. The number of nitrogens with zero attached hydrogens (tertiary/aromatic N) is 2. The van der Waals surface area contributed by atoms with E-state index in [0.717, 1.165) is 39.3 Å². The molecule has 4 nitrogen and oxygen atoms in total. The minimum Gasteiger partial charge on any atom is -0.355 e. The molecule has 16 heavy (non-hydrogen) atoms. The van der Waals surface area contributed by atoms with Crippen molar-refractivity contribution in [1.29, 1.82) is 0 Å². The summed E-state index contributed by atoms with van der Waals surface area (Å²) in [4.78, 5) is 16.3. The summed E-state index contributed by atoms with van der Waals surface area (Å²) in [6, 6.07) is 0. The lowest BCUT2D eigenvalue weighted by molar-refractivity contribution is -0.122. The Morgan fingerprint density at radius 2 is 1.75 bits per heavy atom. The summed E-state index contributed by atoms with van der Waals surface area (Å²) in [7, 11) is 0. The molecule has 1 aliphatic rings. The molecule has 1 N–H and O–H groups in total. The Morgan fingerprint density at radius 1 is 1.19 bits per heavy atom. The molecule has 0 aromatic heterocycles. The third-order valence-electron chi connectivity index (χ3n) is 2.99. The molecule has 1 amide bonds. The van der Waals surface area contributed by atoms with Gasteiger partial charge in [0.05, 0.1) is 6.54 Å². The zero-order chi connectivity index (χ0) is 12.0. The molecule has 0 bridgehead atoms. The summed E-state index contributed by atoms with van der Waals surface area (Å²) < 4.78 is 0. The first-order chi connectivity index (χ1) is 7.61. The lowest BCUT2D eigenvalue weighted by Crippen LogP contribution is -2.49. The van der Waals surface area contributed by atoms with E-state index in [1.807, 2.05) is 0 Å². The fourth-order valence-corrected chi connectivity index (χ4v) is 1.84. The van der Waals surface area contributed by atoms with Crippen molar-refractivity contribution >= 4 is 5.91 Å². The van der Waals surface area contributed by atoms with Crippen LogP contribution in [0.1, 0.15) is 20.8 Å². The average Bonchev–Trinajstić information content (AvgIpc) is 2.27. The van der Waals surface area contributed by atoms with Crippen molar-refractivity contribution in [2.45, 2.75) is 20.8 Å². The van der Waals surface area contributed by atoms with E-state index in [9.17, 15) is 4.79 Å². The average molecular weight is 227 g/mol. The van der Waals surface area contributed by atoms with Crippen molar-refractivity contribution in [3.63, 3.8) is 0 Å². The Bertz CT molecular complexity index is 210. The van der Waals surface area contributed by atoms with Gasteiger partial charge in [0, 0.05) is 32.7 Å². The van der Waals surface area contributed by atoms with Gasteiger partial charge < -0.3 is 10.2 Å². The van der Waals surface area contributed by atoms with Crippen LogP contribution in [0.5, 0.6) is 0 Å². The van der Waals surface area contributed by atoms with Gasteiger partial charge in [-0.2, -0.15) is 0 Å². The van der Waals surface area contributed by atoms with Gasteiger partial charge in [0.25, 0.3) is 0 Å². The molecule has 94 valence electrons. The standard InChI is InChI=1S/C12H25N3O/c1-4-14-5-7-15(8-6-14)10-12(16)13-9-11(2)3/h11H,4-10H2,1-3H3,(H,13,16). The predicted molar refractivity (Wildman–Crippen MR) is 66.4 cm³/mol. The second-order valence-electron chi connectivity index (χ2n) is 4.91. The van der Waals surface area contributed by atoms with E-state index in [1.165, 1.54) is 0 Å². The second-order valence-corrected chi connectivity index (χ2v) is 4.91. The van der Waals surface area contributed by atoms with E-state index in [1.54, 1.807) is 0 Å². The van der Waals surface area contributed by atoms with E-state index >= 15 is 0 Å². The van der Waals surface area contributed by atoms with Crippen LogP contribution in [0.4, 0.5) is 0 Å². The first kappa shape index (κ1) is 13.5. The minimum absolute atomic E-state index is 0.165. The molecule has 1 saturated heterocycles. The number of rotatable bonds is 5. The van der Waals surface area contributed by atoms with Crippen LogP contribution in [-0.2, 0) is 4.79 Å². The molecule has 1 heterocycles. The van der Waals surface area contributed by atoms with Gasteiger partial charge in [-0.3, -0.25) is 9.69 Å². The fraction of sp³-hybridized carbons (Fsp3) is 0.917. The first-order valence-electron chi connectivity index (χ1n) is 6.33. The van der Waals surface area contributed by atoms with Crippen molar-refractivity contribution in [3.8, 4) is 0 Å². The Morgan fingerprint density at radius 3 is 2.25 bits per heavy atom. The van der Waals surface area contributed by atoms with Gasteiger partial charge in [-0.25, -0.2) is 0 Å². The van der Waals surface area contributed by atoms with E-state index in [-0.39, 0.29) is 5.91 Å². The van der Waals surface area contributed by atoms with Crippen LogP contribution < -0.4 is 5.32 Å². The van der Waals surface area contributed by atoms with Crippen molar-refractivity contribution in [1.82, 2.24) is 15.1 Å². The summed E-state index contributed by atoms with van der Waals surface area (Å²) in [6.07, 6.45) is 0. The maximum absolute atomic E-state index is 11.6. The van der Waals surface area contributed by atoms with Gasteiger partial charge in [0.1, 0.15) is 0 Å². The number of piperazine rings is 1. The molecule has 1 fully saturated rings. The third-order valence-corrected chi connectivity index (χ3v) is 2.99. The normalized spacial score (nSPS) is 19.0. The minimum atomic E-state index is 0.165. The maximum atomic E-state index is 11.6. The Balaban J connectivity index is 2.15. The monoisotopic (exact) mass is 227 g/mol. The largest absolute Gasteiger partial charge is 0.355 e. The zero-order valence-corrected chi connectivity index (χ0v) is 10.8. The van der Waals surface area contributed by atoms with Crippen LogP contribution in [0.3, 0.4) is 0 Å². The summed E-state index contributed by atoms with van der Waals surface area (Å²) in [5.41, 5.74) is 0. The maximum Gasteiger partial charge on any atom is 0.234 e. The number of hydrogen-bond donors (Lipinski definition) is 1. The van der Waals surface area contributed by atoms with Gasteiger partial charge in [0.2, 0.25) is 5.91 Å². The Hall–Kier alpha value is -0.610. The first-order valence-corrected chi connectivity index (χ1v) is 6.33. The molecule has 1 aliphatic heterocycles. The van der Waals surface area contributed by atoms with Gasteiger partial charge in [-0.15, -0.1) is 0 Å². The molecule has 0 aromatic carbocycles. The summed E-state index contributed by atoms with van der Waals surface area (Å²) >= 11 is 0. The predicted octanol–water partition coefficient (Wildman–Crippen LogP) is 0.396. The molecular formula is C12H25N3O. The number of amides is 1. The lowest BCUT2D eigenvalue weighted by atomic mass is 10.2. The number of carbonyl (C=O) groups excluding carboxylic acids is 1. The summed E-state index contributed by atoms with van der Waals surface area (Å²) in [6.45, 7) is 13.1. The SMILES string of the molecule is CCN1CCN(CC(=O)NCC(C)C)CC1. The van der Waals surface area contributed by atoms with Crippen molar-refractivity contribution in [3.05, 3.63) is 0 Å². The molecule has 0 aromatic rings. The van der Waals surface area contributed by atoms with E-state index in [0.29, 0.717) is 12.5 Å². The third kappa shape index (κ3) is 4.94. The highest BCUT2D eigenvalue weighted by molar-refractivity contribution is 5.78. The van der Waals surface area contributed by atoms with Crippen LogP contribution in [-0.4, -0.2) is 61.5 Å². The van der Waals surface area contributed by atoms with Crippen LogP contribution in [0.2, 0.25) is 0 Å². The fourth-order valence-electron chi connectivity index (χ4n) is 1.84. The van der Waals surface area contributed by atoms with Crippen molar-refractivity contribution in [2.75, 3.05) is 45.8 Å². The van der Waals surface area contributed by atoms with Gasteiger partial charge in [-0.1, -0.05) is 20.8 Å². The Labute approximate surface area is 99.0 Å². The summed E-state index contributed by atoms with van der Waals surface area (Å²) in [5.74, 6) is 0.694. The molecule has 0 spiro atoms. The lowest BCUT2D eigenvalue weighted by Gasteiger charge is -2.33. The van der Waals surface area contributed by atoms with Crippen LogP contribution in [0.15, 0.2) is 0 Å². The van der Waals surface area contributed by atoms with E-state index in [4.69, 9.17) is 0 Å². The van der Waals surface area contributed by atoms with Gasteiger partial charge in [0.15, 0.2) is 0 Å². The summed E-state index contributed by atoms with van der Waals surface area (Å²) in [5, 5.41) is 2.96. The molecular weight excluding hydrogens is 202 g/mol. The highest BCUT2D eigenvalue weighted by atomic mass is 16.2. The number of hydrogen-bond acceptors (Lipinski definition) is 3. The van der Waals surface area contributed by atoms with Gasteiger partial charge >= 0.3 is 0 Å². The van der Waals surface area contributed by atoms with E-state index < -0.39 is 0 Å². The molecule has 0 saturated carbocycles. The van der Waals surface area contributed by atoms with Crippen LogP contribution in [0, 0.1) is 5.92 Å². The molecule has 1 rings (SSSR count). The van der Waals surface area contributed by atoms with E-state index in [2.05, 4.69) is 35.9 Å². The Kier molecular flexibility index (Phi) is 5.77. The van der Waals surface area contributed by atoms with Crippen LogP contribution in [0.25, 0.3) is 0 Å².